The predicted octanol–water partition coefficient (Wildman–Crippen LogP) is 7.22. The molecule has 0 bridgehead atoms. The van der Waals surface area contributed by atoms with E-state index in [2.05, 4.69) is 43.3 Å². The van der Waals surface area contributed by atoms with Crippen LogP contribution >= 0.6 is 11.8 Å². The summed E-state index contributed by atoms with van der Waals surface area (Å²) in [6.07, 6.45) is 2.32. The lowest BCUT2D eigenvalue weighted by molar-refractivity contribution is 0.0728. The monoisotopic (exact) mass is 485 g/mol. The third-order valence-corrected chi connectivity index (χ3v) is 7.64. The summed E-state index contributed by atoms with van der Waals surface area (Å²) in [5.41, 5.74) is 3.97. The number of fused-ring (bicyclic) bond motifs is 1. The number of ether oxygens (including phenoxy) is 3. The summed E-state index contributed by atoms with van der Waals surface area (Å²) in [4.78, 5) is 6.14. The van der Waals surface area contributed by atoms with Crippen molar-refractivity contribution in [3.05, 3.63) is 95.7 Å². The summed E-state index contributed by atoms with van der Waals surface area (Å²) >= 11 is 1.90. The van der Waals surface area contributed by atoms with Gasteiger partial charge in [0, 0.05) is 34.8 Å². The van der Waals surface area contributed by atoms with Gasteiger partial charge in [0.2, 0.25) is 0 Å². The molecule has 0 radical (unpaired) electrons. The van der Waals surface area contributed by atoms with Crippen LogP contribution in [0.5, 0.6) is 11.5 Å². The molecule has 1 fully saturated rings. The largest absolute Gasteiger partial charge is 0.488 e. The Kier molecular flexibility index (Phi) is 7.86. The van der Waals surface area contributed by atoms with Crippen molar-refractivity contribution in [2.45, 2.75) is 37.9 Å². The second-order valence-corrected chi connectivity index (χ2v) is 10.0. The van der Waals surface area contributed by atoms with Crippen molar-refractivity contribution < 1.29 is 14.2 Å². The first-order valence-corrected chi connectivity index (χ1v) is 13.2. The fourth-order valence-electron chi connectivity index (χ4n) is 4.31. The smallest absolute Gasteiger partial charge is 0.134 e. The Labute approximate surface area is 211 Å². The van der Waals surface area contributed by atoms with Gasteiger partial charge in [-0.05, 0) is 61.6 Å². The first-order valence-electron chi connectivity index (χ1n) is 12.2. The molecule has 0 spiro atoms. The summed E-state index contributed by atoms with van der Waals surface area (Å²) in [5, 5.41) is 1.02. The van der Waals surface area contributed by atoms with Gasteiger partial charge in [0.1, 0.15) is 24.7 Å². The van der Waals surface area contributed by atoms with E-state index in [0.29, 0.717) is 13.2 Å². The molecule has 0 unspecified atom stereocenters. The van der Waals surface area contributed by atoms with Crippen LogP contribution in [0.4, 0.5) is 0 Å². The minimum absolute atomic E-state index is 0.395. The maximum atomic E-state index is 6.33. The van der Waals surface area contributed by atoms with Gasteiger partial charge in [-0.2, -0.15) is 0 Å². The quantitative estimate of drug-likeness (QED) is 0.234. The Balaban J connectivity index is 1.29. The van der Waals surface area contributed by atoms with Crippen molar-refractivity contribution in [3.8, 4) is 11.5 Å². The molecule has 0 aliphatic carbocycles. The Hall–Kier alpha value is -3.02. The fourth-order valence-corrected chi connectivity index (χ4v) is 5.45. The van der Waals surface area contributed by atoms with Gasteiger partial charge in [0.25, 0.3) is 0 Å². The van der Waals surface area contributed by atoms with Crippen LogP contribution in [-0.4, -0.2) is 24.0 Å². The normalized spacial score (nSPS) is 14.2. The van der Waals surface area contributed by atoms with E-state index in [1.54, 1.807) is 0 Å². The molecule has 1 aliphatic heterocycles. The Morgan fingerprint density at radius 2 is 1.69 bits per heavy atom. The number of hydrogen-bond acceptors (Lipinski definition) is 5. The fraction of sp³-hybridized carbons (Fsp3) is 0.300. The molecule has 0 atom stereocenters. The van der Waals surface area contributed by atoms with Crippen LogP contribution in [0, 0.1) is 12.8 Å². The highest BCUT2D eigenvalue weighted by Gasteiger charge is 2.15. The molecule has 5 rings (SSSR count). The van der Waals surface area contributed by atoms with E-state index in [9.17, 15) is 0 Å². The number of thioether (sulfide) groups is 1. The highest BCUT2D eigenvalue weighted by molar-refractivity contribution is 7.99. The van der Waals surface area contributed by atoms with E-state index in [1.807, 2.05) is 54.2 Å². The molecule has 4 nitrogen and oxygen atoms in total. The van der Waals surface area contributed by atoms with Gasteiger partial charge in [-0.15, -0.1) is 11.8 Å². The average molecular weight is 486 g/mol. The molecule has 180 valence electrons. The Morgan fingerprint density at radius 3 is 2.54 bits per heavy atom. The Bertz CT molecular complexity index is 1260. The number of pyridine rings is 1. The van der Waals surface area contributed by atoms with Crippen molar-refractivity contribution >= 4 is 22.7 Å². The topological polar surface area (TPSA) is 40.6 Å². The van der Waals surface area contributed by atoms with Gasteiger partial charge >= 0.3 is 0 Å². The van der Waals surface area contributed by atoms with Crippen molar-refractivity contribution in [1.82, 2.24) is 4.98 Å². The zero-order valence-electron chi connectivity index (χ0n) is 20.1. The SMILES string of the molecule is Cc1c(COc2cccc(SCC3CCOCC3)c2)nc2ccccc2c1OCc1ccccc1. The van der Waals surface area contributed by atoms with Crippen LogP contribution in [-0.2, 0) is 18.0 Å². The summed E-state index contributed by atoms with van der Waals surface area (Å²) in [6, 6.07) is 26.7. The minimum atomic E-state index is 0.395. The molecule has 1 aliphatic rings. The summed E-state index contributed by atoms with van der Waals surface area (Å²) < 4.78 is 18.0. The van der Waals surface area contributed by atoms with E-state index in [4.69, 9.17) is 19.2 Å². The lowest BCUT2D eigenvalue weighted by atomic mass is 10.0. The van der Waals surface area contributed by atoms with E-state index in [0.717, 1.165) is 76.9 Å². The van der Waals surface area contributed by atoms with Crippen molar-refractivity contribution in [2.75, 3.05) is 19.0 Å². The molecule has 0 N–H and O–H groups in total. The summed E-state index contributed by atoms with van der Waals surface area (Å²) in [5.74, 6) is 3.60. The molecular formula is C30H31NO3S. The molecule has 4 aromatic rings. The van der Waals surface area contributed by atoms with Crippen molar-refractivity contribution in [3.63, 3.8) is 0 Å². The maximum absolute atomic E-state index is 6.33. The average Bonchev–Trinajstić information content (AvgIpc) is 2.92. The highest BCUT2D eigenvalue weighted by Crippen LogP contribution is 2.32. The molecule has 35 heavy (non-hydrogen) atoms. The number of aromatic nitrogens is 1. The third-order valence-electron chi connectivity index (χ3n) is 6.41. The van der Waals surface area contributed by atoms with Crippen LogP contribution in [0.3, 0.4) is 0 Å². The van der Waals surface area contributed by atoms with Crippen LogP contribution < -0.4 is 9.47 Å². The molecule has 3 aromatic carbocycles. The predicted molar refractivity (Wildman–Crippen MR) is 142 cm³/mol. The number of para-hydroxylation sites is 1. The number of rotatable bonds is 9. The molecule has 1 aromatic heterocycles. The van der Waals surface area contributed by atoms with Gasteiger partial charge in [-0.1, -0.05) is 48.5 Å². The molecule has 2 heterocycles. The standard InChI is InChI=1S/C30H31NO3S/c1-22-29(20-33-25-10-7-11-26(18-25)35-21-24-14-16-32-17-15-24)31-28-13-6-5-12-27(28)30(22)34-19-23-8-3-2-4-9-23/h2-13,18,24H,14-17,19-21H2,1H3. The molecule has 0 amide bonds. The molecule has 0 saturated carbocycles. The van der Waals surface area contributed by atoms with Gasteiger partial charge in [-0.3, -0.25) is 0 Å². The number of hydrogen-bond donors (Lipinski definition) is 0. The van der Waals surface area contributed by atoms with Gasteiger partial charge < -0.3 is 14.2 Å². The Morgan fingerprint density at radius 1 is 0.886 bits per heavy atom. The van der Waals surface area contributed by atoms with Crippen molar-refractivity contribution in [1.29, 1.82) is 0 Å². The first kappa shape index (κ1) is 23.7. The molecular weight excluding hydrogens is 454 g/mol. The number of nitrogens with zero attached hydrogens (tertiary/aromatic N) is 1. The van der Waals surface area contributed by atoms with Crippen LogP contribution in [0.15, 0.2) is 83.8 Å². The van der Waals surface area contributed by atoms with Gasteiger partial charge in [0.15, 0.2) is 0 Å². The highest BCUT2D eigenvalue weighted by atomic mass is 32.2. The van der Waals surface area contributed by atoms with Crippen molar-refractivity contribution in [2.24, 2.45) is 5.92 Å². The number of benzene rings is 3. The zero-order chi connectivity index (χ0) is 23.9. The van der Waals surface area contributed by atoms with E-state index in [1.165, 1.54) is 4.90 Å². The maximum Gasteiger partial charge on any atom is 0.134 e. The summed E-state index contributed by atoms with van der Waals surface area (Å²) in [7, 11) is 0. The molecule has 5 heteroatoms. The van der Waals surface area contributed by atoms with Gasteiger partial charge in [-0.25, -0.2) is 4.98 Å². The summed E-state index contributed by atoms with van der Waals surface area (Å²) in [6.45, 7) is 4.76. The van der Waals surface area contributed by atoms with Gasteiger partial charge in [0.05, 0.1) is 11.2 Å². The van der Waals surface area contributed by atoms with E-state index >= 15 is 0 Å². The van der Waals surface area contributed by atoms with Crippen LogP contribution in [0.25, 0.3) is 10.9 Å². The second-order valence-electron chi connectivity index (χ2n) is 8.93. The third kappa shape index (κ3) is 6.16. The van der Waals surface area contributed by atoms with E-state index < -0.39 is 0 Å². The zero-order valence-corrected chi connectivity index (χ0v) is 20.9. The lowest BCUT2D eigenvalue weighted by Gasteiger charge is -2.21. The second kappa shape index (κ2) is 11.6. The van der Waals surface area contributed by atoms with Crippen LogP contribution in [0.2, 0.25) is 0 Å². The van der Waals surface area contributed by atoms with Crippen LogP contribution in [0.1, 0.15) is 29.7 Å². The first-order chi connectivity index (χ1) is 17.3. The molecule has 1 saturated heterocycles. The minimum Gasteiger partial charge on any atom is -0.488 e. The van der Waals surface area contributed by atoms with E-state index in [-0.39, 0.29) is 0 Å². The lowest BCUT2D eigenvalue weighted by Crippen LogP contribution is -2.17.